The Hall–Kier alpha value is -1.55. The van der Waals surface area contributed by atoms with Gasteiger partial charge in [-0.15, -0.1) is 11.3 Å². The Morgan fingerprint density at radius 3 is 2.52 bits per heavy atom. The number of fused-ring (bicyclic) bond motifs is 2. The molecule has 3 aliphatic heterocycles. The van der Waals surface area contributed by atoms with Crippen LogP contribution in [-0.4, -0.2) is 59.8 Å². The lowest BCUT2D eigenvalue weighted by molar-refractivity contribution is -0.562. The second-order valence-electron chi connectivity index (χ2n) is 8.60. The maximum absolute atomic E-state index is 13.1. The molecule has 0 N–H and O–H groups in total. The summed E-state index contributed by atoms with van der Waals surface area (Å²) in [6.07, 6.45) is -0.919. The third-order valence-electron chi connectivity index (χ3n) is 5.41. The molecule has 2 aromatic rings. The van der Waals surface area contributed by atoms with Gasteiger partial charge in [-0.25, -0.2) is 0 Å². The highest BCUT2D eigenvalue weighted by molar-refractivity contribution is 7.20. The highest BCUT2D eigenvalue weighted by Gasteiger charge is 2.62. The number of rotatable bonds is 3. The highest BCUT2D eigenvalue weighted by atomic mass is 32.1. The molecule has 0 aliphatic carbocycles. The molecule has 0 saturated carbocycles. The molecule has 1 aromatic carbocycles. The summed E-state index contributed by atoms with van der Waals surface area (Å²) in [6.45, 7) is 7.81. The molecular formula is C21H25NO6S. The zero-order chi connectivity index (χ0) is 20.4. The van der Waals surface area contributed by atoms with E-state index < -0.39 is 36.1 Å². The molecule has 0 radical (unpaired) electrons. The summed E-state index contributed by atoms with van der Waals surface area (Å²) in [5.41, 5.74) is 0. The summed E-state index contributed by atoms with van der Waals surface area (Å²) in [7, 11) is 0. The smallest absolute Gasteiger partial charge is 0.297 e. The summed E-state index contributed by atoms with van der Waals surface area (Å²) in [4.78, 5) is 0.865. The third-order valence-corrected chi connectivity index (χ3v) is 6.46. The first-order valence-electron chi connectivity index (χ1n) is 9.83. The number of thiophene rings is 1. The van der Waals surface area contributed by atoms with Crippen molar-refractivity contribution in [2.24, 2.45) is 0 Å². The SMILES string of the molecule is CC1(C)O[C@H]2[C@@H]([C@H]3COC(C)(C)O3)O[C@H](/[N+]([O-])=C/c3cc4ccccc4s3)[C@H]2O1. The fourth-order valence-electron chi connectivity index (χ4n) is 4.25. The summed E-state index contributed by atoms with van der Waals surface area (Å²) in [6, 6.07) is 10.1. The lowest BCUT2D eigenvalue weighted by atomic mass is 10.1. The number of benzene rings is 1. The first-order valence-corrected chi connectivity index (χ1v) is 10.6. The van der Waals surface area contributed by atoms with Crippen molar-refractivity contribution < 1.29 is 28.4 Å². The van der Waals surface area contributed by atoms with Crippen molar-refractivity contribution in [3.05, 3.63) is 40.4 Å². The minimum absolute atomic E-state index is 0.322. The van der Waals surface area contributed by atoms with E-state index in [2.05, 4.69) is 0 Å². The molecule has 0 amide bonds. The van der Waals surface area contributed by atoms with E-state index in [-0.39, 0.29) is 6.10 Å². The van der Waals surface area contributed by atoms with Crippen molar-refractivity contribution >= 4 is 27.6 Å². The van der Waals surface area contributed by atoms with Crippen LogP contribution in [0, 0.1) is 5.21 Å². The average molecular weight is 419 g/mol. The Labute approximate surface area is 173 Å². The van der Waals surface area contributed by atoms with E-state index in [9.17, 15) is 5.21 Å². The van der Waals surface area contributed by atoms with Gasteiger partial charge < -0.3 is 28.9 Å². The van der Waals surface area contributed by atoms with Crippen LogP contribution < -0.4 is 0 Å². The van der Waals surface area contributed by atoms with Gasteiger partial charge in [0.1, 0.15) is 18.3 Å². The summed E-state index contributed by atoms with van der Waals surface area (Å²) < 4.78 is 31.9. The van der Waals surface area contributed by atoms with Gasteiger partial charge in [0.05, 0.1) is 11.5 Å². The number of hydroxylamine groups is 1. The topological polar surface area (TPSA) is 72.2 Å². The largest absolute Gasteiger partial charge is 0.622 e. The highest BCUT2D eigenvalue weighted by Crippen LogP contribution is 2.42. The van der Waals surface area contributed by atoms with Gasteiger partial charge in [-0.3, -0.25) is 0 Å². The van der Waals surface area contributed by atoms with Crippen molar-refractivity contribution in [2.45, 2.75) is 69.9 Å². The Balaban J connectivity index is 1.42. The monoisotopic (exact) mass is 419 g/mol. The molecule has 0 unspecified atom stereocenters. The normalized spacial score (nSPS) is 36.0. The molecular weight excluding hydrogens is 394 g/mol. The maximum Gasteiger partial charge on any atom is 0.297 e. The first kappa shape index (κ1) is 19.4. The maximum atomic E-state index is 13.1. The molecule has 156 valence electrons. The molecule has 0 bridgehead atoms. The van der Waals surface area contributed by atoms with Gasteiger partial charge in [0.15, 0.2) is 23.9 Å². The van der Waals surface area contributed by atoms with Crippen LogP contribution in [0.25, 0.3) is 10.1 Å². The Morgan fingerprint density at radius 2 is 1.79 bits per heavy atom. The Morgan fingerprint density at radius 1 is 1.03 bits per heavy atom. The van der Waals surface area contributed by atoms with Crippen LogP contribution in [-0.2, 0) is 23.7 Å². The Bertz CT molecular complexity index is 921. The van der Waals surface area contributed by atoms with E-state index in [1.165, 1.54) is 0 Å². The number of hydrogen-bond acceptors (Lipinski definition) is 7. The van der Waals surface area contributed by atoms with Crippen LogP contribution in [0.4, 0.5) is 0 Å². The van der Waals surface area contributed by atoms with Crippen molar-refractivity contribution in [1.29, 1.82) is 0 Å². The molecule has 4 heterocycles. The van der Waals surface area contributed by atoms with E-state index in [0.29, 0.717) is 6.61 Å². The first-order chi connectivity index (χ1) is 13.7. The van der Waals surface area contributed by atoms with Gasteiger partial charge in [-0.05, 0) is 45.2 Å². The molecule has 5 rings (SSSR count). The lowest BCUT2D eigenvalue weighted by Gasteiger charge is -2.26. The van der Waals surface area contributed by atoms with Gasteiger partial charge in [0.25, 0.3) is 6.23 Å². The molecule has 3 saturated heterocycles. The zero-order valence-electron chi connectivity index (χ0n) is 16.9. The molecule has 8 heteroatoms. The van der Waals surface area contributed by atoms with Crippen LogP contribution in [0.3, 0.4) is 0 Å². The molecule has 1 aromatic heterocycles. The van der Waals surface area contributed by atoms with Gasteiger partial charge in [-0.1, -0.05) is 18.2 Å². The average Bonchev–Trinajstić information content (AvgIpc) is 3.35. The molecule has 0 spiro atoms. The van der Waals surface area contributed by atoms with Gasteiger partial charge in [0.2, 0.25) is 0 Å². The predicted molar refractivity (Wildman–Crippen MR) is 108 cm³/mol. The molecule has 7 nitrogen and oxygen atoms in total. The zero-order valence-corrected chi connectivity index (χ0v) is 17.7. The summed E-state index contributed by atoms with van der Waals surface area (Å²) >= 11 is 1.57. The molecule has 5 atom stereocenters. The Kier molecular flexibility index (Phi) is 4.51. The van der Waals surface area contributed by atoms with Crippen molar-refractivity contribution in [2.75, 3.05) is 6.61 Å². The number of nitrogens with zero attached hydrogens (tertiary/aromatic N) is 1. The minimum atomic E-state index is -0.815. The molecule has 3 aliphatic rings. The third kappa shape index (κ3) is 3.58. The van der Waals surface area contributed by atoms with Crippen molar-refractivity contribution in [1.82, 2.24) is 0 Å². The standard InChI is InChI=1S/C21H25NO6S/c1-20(2)24-11-14(26-20)16-17-18(28-21(3,4)27-17)19(25-16)22(23)10-13-9-12-7-5-6-8-15(12)29-13/h5-10,14,16-19H,11H2,1-4H3/b22-10-/t14-,16-,17+,18+,19+/m1/s1. The van der Waals surface area contributed by atoms with Crippen molar-refractivity contribution in [3.8, 4) is 0 Å². The van der Waals surface area contributed by atoms with Gasteiger partial charge in [-0.2, -0.15) is 4.74 Å². The van der Waals surface area contributed by atoms with Crippen LogP contribution in [0.2, 0.25) is 0 Å². The van der Waals surface area contributed by atoms with E-state index in [1.54, 1.807) is 17.6 Å². The number of ether oxygens (including phenoxy) is 5. The molecule has 3 fully saturated rings. The molecule has 29 heavy (non-hydrogen) atoms. The number of hydrogen-bond donors (Lipinski definition) is 0. The van der Waals surface area contributed by atoms with E-state index >= 15 is 0 Å². The van der Waals surface area contributed by atoms with Crippen LogP contribution in [0.1, 0.15) is 32.6 Å². The van der Waals surface area contributed by atoms with Crippen LogP contribution in [0.15, 0.2) is 30.3 Å². The summed E-state index contributed by atoms with van der Waals surface area (Å²) in [5.74, 6) is -1.47. The van der Waals surface area contributed by atoms with Gasteiger partial charge in [0, 0.05) is 4.70 Å². The van der Waals surface area contributed by atoms with E-state index in [1.807, 2.05) is 58.0 Å². The van der Waals surface area contributed by atoms with E-state index in [4.69, 9.17) is 23.7 Å². The predicted octanol–water partition coefficient (Wildman–Crippen LogP) is 3.23. The summed E-state index contributed by atoms with van der Waals surface area (Å²) in [5, 5.41) is 14.2. The van der Waals surface area contributed by atoms with E-state index in [0.717, 1.165) is 19.7 Å². The second-order valence-corrected chi connectivity index (χ2v) is 9.71. The fraction of sp³-hybridized carbons (Fsp3) is 0.571. The lowest BCUT2D eigenvalue weighted by Crippen LogP contribution is -2.40. The second kappa shape index (κ2) is 6.73. The van der Waals surface area contributed by atoms with Crippen molar-refractivity contribution in [3.63, 3.8) is 0 Å². The van der Waals surface area contributed by atoms with Crippen LogP contribution in [0.5, 0.6) is 0 Å². The quantitative estimate of drug-likeness (QED) is 0.329. The van der Waals surface area contributed by atoms with Crippen LogP contribution >= 0.6 is 11.3 Å². The fourth-order valence-corrected chi connectivity index (χ4v) is 5.24. The van der Waals surface area contributed by atoms with Gasteiger partial charge >= 0.3 is 0 Å². The minimum Gasteiger partial charge on any atom is -0.622 e.